The zero-order valence-electron chi connectivity index (χ0n) is 18.8. The molecule has 1 amide bonds. The summed E-state index contributed by atoms with van der Waals surface area (Å²) >= 11 is 0. The molecule has 0 bridgehead atoms. The second-order valence-electron chi connectivity index (χ2n) is 8.22. The molecule has 9 heteroatoms. The Labute approximate surface area is 195 Å². The maximum absolute atomic E-state index is 13.4. The molecule has 0 radical (unpaired) electrons. The molecule has 0 spiro atoms. The first-order valence-electron chi connectivity index (χ1n) is 11.0. The molecule has 4 rings (SSSR count). The summed E-state index contributed by atoms with van der Waals surface area (Å²) in [4.78, 5) is 19.5. The van der Waals surface area contributed by atoms with Crippen LogP contribution in [0.1, 0.15) is 40.2 Å². The molecule has 3 aromatic rings. The van der Waals surface area contributed by atoms with Gasteiger partial charge < -0.3 is 18.9 Å². The van der Waals surface area contributed by atoms with E-state index < -0.39 is 11.7 Å². The zero-order chi connectivity index (χ0) is 24.1. The van der Waals surface area contributed by atoms with Crippen LogP contribution in [0.25, 0.3) is 0 Å². The van der Waals surface area contributed by atoms with E-state index in [1.807, 2.05) is 0 Å². The average molecular weight is 473 g/mol. The van der Waals surface area contributed by atoms with Crippen LogP contribution in [-0.2, 0) is 24.0 Å². The molecule has 1 aromatic heterocycles. The number of amides is 1. The number of hydrogen-bond acceptors (Lipinski definition) is 4. The van der Waals surface area contributed by atoms with E-state index in [1.165, 1.54) is 13.2 Å². The topological polar surface area (TPSA) is 56.6 Å². The van der Waals surface area contributed by atoms with E-state index in [-0.39, 0.29) is 25.1 Å². The van der Waals surface area contributed by atoms with Crippen LogP contribution < -0.4 is 4.74 Å². The SMILES string of the molecule is COc1cccc(C(=O)N(Cc2nccn2Cc2cccc(C(F)(F)F)c2)CC2CCCO2)c1. The van der Waals surface area contributed by atoms with E-state index in [2.05, 4.69) is 4.98 Å². The fraction of sp³-hybridized carbons (Fsp3) is 0.360. The molecular formula is C25H26F3N3O3. The zero-order valence-corrected chi connectivity index (χ0v) is 18.8. The largest absolute Gasteiger partial charge is 0.497 e. The van der Waals surface area contributed by atoms with E-state index >= 15 is 0 Å². The number of ether oxygens (including phenoxy) is 2. The minimum Gasteiger partial charge on any atom is -0.497 e. The van der Waals surface area contributed by atoms with Crippen molar-refractivity contribution in [3.05, 3.63) is 83.4 Å². The molecule has 1 saturated heterocycles. The van der Waals surface area contributed by atoms with E-state index in [0.29, 0.717) is 35.9 Å². The molecule has 34 heavy (non-hydrogen) atoms. The number of imidazole rings is 1. The van der Waals surface area contributed by atoms with Gasteiger partial charge in [0.25, 0.3) is 5.91 Å². The first-order chi connectivity index (χ1) is 16.3. The standard InChI is InChI=1S/C25H26F3N3O3/c1-33-21-8-3-6-19(14-21)24(32)31(16-22-9-4-12-34-22)17-23-29-10-11-30(23)15-18-5-2-7-20(13-18)25(26,27)28/h2-3,5-8,10-11,13-14,22H,4,9,12,15-17H2,1H3. The minimum atomic E-state index is -4.41. The molecular weight excluding hydrogens is 447 g/mol. The van der Waals surface area contributed by atoms with Crippen LogP contribution in [0.3, 0.4) is 0 Å². The van der Waals surface area contributed by atoms with E-state index in [9.17, 15) is 18.0 Å². The van der Waals surface area contributed by atoms with E-state index in [1.54, 1.807) is 52.2 Å². The Morgan fingerprint density at radius 1 is 1.24 bits per heavy atom. The molecule has 1 fully saturated rings. The van der Waals surface area contributed by atoms with Crippen LogP contribution in [0.4, 0.5) is 13.2 Å². The summed E-state index contributed by atoms with van der Waals surface area (Å²) in [5.74, 6) is 0.962. The third-order valence-corrected chi connectivity index (χ3v) is 5.79. The van der Waals surface area contributed by atoms with Gasteiger partial charge in [-0.15, -0.1) is 0 Å². The maximum atomic E-state index is 13.4. The van der Waals surface area contributed by atoms with Crippen LogP contribution in [-0.4, -0.2) is 46.7 Å². The van der Waals surface area contributed by atoms with E-state index in [0.717, 1.165) is 25.0 Å². The van der Waals surface area contributed by atoms with Gasteiger partial charge in [-0.25, -0.2) is 4.98 Å². The minimum absolute atomic E-state index is 0.0681. The lowest BCUT2D eigenvalue weighted by Crippen LogP contribution is -2.37. The summed E-state index contributed by atoms with van der Waals surface area (Å²) in [5, 5.41) is 0. The van der Waals surface area contributed by atoms with Gasteiger partial charge in [-0.05, 0) is 48.7 Å². The van der Waals surface area contributed by atoms with Crippen molar-refractivity contribution in [3.63, 3.8) is 0 Å². The molecule has 1 unspecified atom stereocenters. The van der Waals surface area contributed by atoms with Crippen molar-refractivity contribution in [2.45, 2.75) is 38.2 Å². The third-order valence-electron chi connectivity index (χ3n) is 5.79. The molecule has 6 nitrogen and oxygen atoms in total. The molecule has 1 aliphatic heterocycles. The van der Waals surface area contributed by atoms with Gasteiger partial charge in [0.1, 0.15) is 11.6 Å². The van der Waals surface area contributed by atoms with Crippen molar-refractivity contribution < 1.29 is 27.4 Å². The Hall–Kier alpha value is -3.33. The number of alkyl halides is 3. The summed E-state index contributed by atoms with van der Waals surface area (Å²) in [7, 11) is 1.54. The fourth-order valence-corrected chi connectivity index (χ4v) is 4.04. The normalized spacial score (nSPS) is 15.9. The summed E-state index contributed by atoms with van der Waals surface area (Å²) < 4.78 is 52.1. The van der Waals surface area contributed by atoms with Gasteiger partial charge in [0, 0.05) is 37.7 Å². The molecule has 2 aromatic carbocycles. The summed E-state index contributed by atoms with van der Waals surface area (Å²) in [6.45, 7) is 1.46. The number of nitrogens with zero attached hydrogens (tertiary/aromatic N) is 3. The smallest absolute Gasteiger partial charge is 0.416 e. The Kier molecular flexibility index (Phi) is 7.21. The van der Waals surface area contributed by atoms with Crippen molar-refractivity contribution in [1.82, 2.24) is 14.5 Å². The third kappa shape index (κ3) is 5.77. The van der Waals surface area contributed by atoms with Crippen molar-refractivity contribution in [1.29, 1.82) is 0 Å². The van der Waals surface area contributed by atoms with Gasteiger partial charge in [-0.2, -0.15) is 13.2 Å². The number of benzene rings is 2. The number of halogens is 3. The van der Waals surface area contributed by atoms with Crippen LogP contribution >= 0.6 is 0 Å². The lowest BCUT2D eigenvalue weighted by atomic mass is 10.1. The first-order valence-corrected chi connectivity index (χ1v) is 11.0. The highest BCUT2D eigenvalue weighted by molar-refractivity contribution is 5.94. The van der Waals surface area contributed by atoms with Crippen molar-refractivity contribution in [3.8, 4) is 5.75 Å². The van der Waals surface area contributed by atoms with Crippen LogP contribution in [0, 0.1) is 0 Å². The Balaban J connectivity index is 1.56. The molecule has 0 N–H and O–H groups in total. The van der Waals surface area contributed by atoms with Gasteiger partial charge >= 0.3 is 6.18 Å². The first kappa shape index (κ1) is 23.8. The molecule has 180 valence electrons. The summed E-state index contributed by atoms with van der Waals surface area (Å²) in [5.41, 5.74) is 0.284. The Bertz CT molecular complexity index is 1120. The molecule has 1 aliphatic rings. The van der Waals surface area contributed by atoms with Crippen LogP contribution in [0.2, 0.25) is 0 Å². The maximum Gasteiger partial charge on any atom is 0.416 e. The van der Waals surface area contributed by atoms with Crippen LogP contribution in [0.15, 0.2) is 60.9 Å². The molecule has 0 saturated carbocycles. The van der Waals surface area contributed by atoms with Gasteiger partial charge in [0.2, 0.25) is 0 Å². The van der Waals surface area contributed by atoms with Gasteiger partial charge in [0.15, 0.2) is 0 Å². The van der Waals surface area contributed by atoms with Gasteiger partial charge in [-0.3, -0.25) is 4.79 Å². The second kappa shape index (κ2) is 10.3. The number of rotatable bonds is 8. The van der Waals surface area contributed by atoms with Gasteiger partial charge in [0.05, 0.1) is 25.3 Å². The Morgan fingerprint density at radius 3 is 2.79 bits per heavy atom. The number of methoxy groups -OCH3 is 1. The highest BCUT2D eigenvalue weighted by atomic mass is 19.4. The monoisotopic (exact) mass is 473 g/mol. The number of carbonyl (C=O) groups is 1. The number of hydrogen-bond donors (Lipinski definition) is 0. The van der Waals surface area contributed by atoms with Crippen molar-refractivity contribution in [2.75, 3.05) is 20.3 Å². The Morgan fingerprint density at radius 2 is 2.06 bits per heavy atom. The molecule has 1 atom stereocenters. The quantitative estimate of drug-likeness (QED) is 0.473. The van der Waals surface area contributed by atoms with Crippen molar-refractivity contribution >= 4 is 5.91 Å². The highest BCUT2D eigenvalue weighted by Gasteiger charge is 2.30. The highest BCUT2D eigenvalue weighted by Crippen LogP contribution is 2.30. The average Bonchev–Trinajstić information content (AvgIpc) is 3.50. The van der Waals surface area contributed by atoms with E-state index in [4.69, 9.17) is 9.47 Å². The summed E-state index contributed by atoms with van der Waals surface area (Å²) in [6, 6.07) is 12.1. The summed E-state index contributed by atoms with van der Waals surface area (Å²) in [6.07, 6.45) is 0.617. The number of carbonyl (C=O) groups excluding carboxylic acids is 1. The lowest BCUT2D eigenvalue weighted by molar-refractivity contribution is -0.137. The van der Waals surface area contributed by atoms with Crippen LogP contribution in [0.5, 0.6) is 5.75 Å². The number of aromatic nitrogens is 2. The fourth-order valence-electron chi connectivity index (χ4n) is 4.04. The second-order valence-corrected chi connectivity index (χ2v) is 8.22. The van der Waals surface area contributed by atoms with Crippen molar-refractivity contribution in [2.24, 2.45) is 0 Å². The molecule has 2 heterocycles. The van der Waals surface area contributed by atoms with Gasteiger partial charge in [-0.1, -0.05) is 18.2 Å². The predicted octanol–water partition coefficient (Wildman–Crippen LogP) is 4.78. The predicted molar refractivity (Wildman–Crippen MR) is 119 cm³/mol. The molecule has 0 aliphatic carbocycles. The lowest BCUT2D eigenvalue weighted by Gasteiger charge is -2.26.